The van der Waals surface area contributed by atoms with Crippen LogP contribution in [-0.2, 0) is 4.79 Å². The van der Waals surface area contributed by atoms with Crippen molar-refractivity contribution in [2.45, 2.75) is 32.1 Å². The Bertz CT molecular complexity index is 707. The van der Waals surface area contributed by atoms with Crippen LogP contribution in [0.25, 0.3) is 0 Å². The maximum atomic E-state index is 12.6. The maximum Gasteiger partial charge on any atom is 0.251 e. The van der Waals surface area contributed by atoms with E-state index in [1.165, 1.54) is 0 Å². The summed E-state index contributed by atoms with van der Waals surface area (Å²) in [5, 5.41) is 3.00. The average Bonchev–Trinajstić information content (AvgIpc) is 3.26. The molecule has 1 fully saturated rings. The van der Waals surface area contributed by atoms with Gasteiger partial charge >= 0.3 is 0 Å². The molecule has 0 unspecified atom stereocenters. The quantitative estimate of drug-likeness (QED) is 0.834. The van der Waals surface area contributed by atoms with E-state index in [4.69, 9.17) is 9.47 Å². The minimum Gasteiger partial charge on any atom is -0.497 e. The van der Waals surface area contributed by atoms with Crippen LogP contribution in [0.1, 0.15) is 42.5 Å². The molecule has 6 heteroatoms. The van der Waals surface area contributed by atoms with Gasteiger partial charge in [0.15, 0.2) is 0 Å². The molecule has 2 aliphatic rings. The van der Waals surface area contributed by atoms with Gasteiger partial charge in [0.1, 0.15) is 11.5 Å². The first kappa shape index (κ1) is 19.3. The fourth-order valence-electron chi connectivity index (χ4n) is 3.76. The number of amides is 2. The second-order valence-corrected chi connectivity index (χ2v) is 7.19. The van der Waals surface area contributed by atoms with E-state index in [-0.39, 0.29) is 17.7 Å². The number of allylic oxidation sites excluding steroid dienone is 1. The number of hydrogen-bond donors (Lipinski definition) is 1. The predicted octanol–water partition coefficient (Wildman–Crippen LogP) is 2.78. The van der Waals surface area contributed by atoms with Crippen LogP contribution in [0, 0.1) is 5.92 Å². The molecule has 27 heavy (non-hydrogen) atoms. The number of ether oxygens (including phenoxy) is 2. The first-order chi connectivity index (χ1) is 13.1. The topological polar surface area (TPSA) is 67.9 Å². The normalized spacial score (nSPS) is 19.4. The summed E-state index contributed by atoms with van der Waals surface area (Å²) in [6, 6.07) is 5.13. The molecule has 6 nitrogen and oxygen atoms in total. The number of carbonyl (C=O) groups is 2. The number of rotatable bonds is 6. The molecule has 1 aromatic carbocycles. The van der Waals surface area contributed by atoms with Crippen molar-refractivity contribution in [1.29, 1.82) is 0 Å². The summed E-state index contributed by atoms with van der Waals surface area (Å²) < 4.78 is 10.4. The summed E-state index contributed by atoms with van der Waals surface area (Å²) >= 11 is 0. The van der Waals surface area contributed by atoms with Gasteiger partial charge in [0.05, 0.1) is 14.2 Å². The summed E-state index contributed by atoms with van der Waals surface area (Å²) in [5.74, 6) is 1.47. The number of likely N-dealkylation sites (tertiary alicyclic amines) is 1. The Labute approximate surface area is 160 Å². The van der Waals surface area contributed by atoms with E-state index < -0.39 is 0 Å². The van der Waals surface area contributed by atoms with Crippen molar-refractivity contribution in [3.05, 3.63) is 35.4 Å². The van der Waals surface area contributed by atoms with Gasteiger partial charge in [0, 0.05) is 36.8 Å². The van der Waals surface area contributed by atoms with Crippen LogP contribution >= 0.6 is 0 Å². The van der Waals surface area contributed by atoms with Gasteiger partial charge in [-0.15, -0.1) is 0 Å². The highest BCUT2D eigenvalue weighted by Gasteiger charge is 2.26. The minimum atomic E-state index is -0.158. The van der Waals surface area contributed by atoms with Gasteiger partial charge in [0.25, 0.3) is 5.91 Å². The van der Waals surface area contributed by atoms with Gasteiger partial charge in [-0.2, -0.15) is 0 Å². The third-order valence-electron chi connectivity index (χ3n) is 5.29. The highest BCUT2D eigenvalue weighted by Crippen LogP contribution is 2.24. The Morgan fingerprint density at radius 3 is 2.52 bits per heavy atom. The van der Waals surface area contributed by atoms with Gasteiger partial charge in [-0.05, 0) is 50.2 Å². The number of nitrogens with one attached hydrogen (secondary N) is 1. The van der Waals surface area contributed by atoms with Gasteiger partial charge < -0.3 is 19.7 Å². The van der Waals surface area contributed by atoms with E-state index in [1.807, 2.05) is 4.90 Å². The molecule has 2 amide bonds. The van der Waals surface area contributed by atoms with Crippen molar-refractivity contribution in [2.75, 3.05) is 33.9 Å². The first-order valence-electron chi connectivity index (χ1n) is 9.60. The third kappa shape index (κ3) is 4.81. The molecule has 1 N–H and O–H groups in total. The highest BCUT2D eigenvalue weighted by molar-refractivity contribution is 5.95. The zero-order valence-corrected chi connectivity index (χ0v) is 16.1. The highest BCUT2D eigenvalue weighted by atomic mass is 16.5. The molecule has 0 bridgehead atoms. The maximum absolute atomic E-state index is 12.6. The second-order valence-electron chi connectivity index (χ2n) is 7.19. The Hall–Kier alpha value is -2.50. The van der Waals surface area contributed by atoms with Crippen molar-refractivity contribution >= 4 is 11.8 Å². The summed E-state index contributed by atoms with van der Waals surface area (Å²) in [6.07, 6.45) is 7.06. The van der Waals surface area contributed by atoms with E-state index in [0.29, 0.717) is 30.2 Å². The van der Waals surface area contributed by atoms with E-state index in [2.05, 4.69) is 11.4 Å². The van der Waals surface area contributed by atoms with Gasteiger partial charge in [-0.25, -0.2) is 0 Å². The van der Waals surface area contributed by atoms with Crippen LogP contribution in [-0.4, -0.2) is 50.6 Å². The molecular formula is C21H28N2O4. The van der Waals surface area contributed by atoms with Crippen molar-refractivity contribution in [1.82, 2.24) is 10.2 Å². The molecule has 1 saturated heterocycles. The predicted molar refractivity (Wildman–Crippen MR) is 103 cm³/mol. The van der Waals surface area contributed by atoms with E-state index >= 15 is 0 Å². The largest absolute Gasteiger partial charge is 0.497 e. The molecule has 146 valence electrons. The SMILES string of the molecule is COc1cc(OC)cc(C(=O)NC[C@H]2CCCN(C(=O)C3=CCCC3)C2)c1. The Morgan fingerprint density at radius 1 is 1.15 bits per heavy atom. The number of carbonyl (C=O) groups excluding carboxylic acids is 2. The van der Waals surface area contributed by atoms with Gasteiger partial charge in [-0.1, -0.05) is 6.08 Å². The Kier molecular flexibility index (Phi) is 6.37. The molecule has 0 aromatic heterocycles. The van der Waals surface area contributed by atoms with Crippen LogP contribution in [0.2, 0.25) is 0 Å². The molecule has 0 radical (unpaired) electrons. The monoisotopic (exact) mass is 372 g/mol. The number of piperidine rings is 1. The lowest BCUT2D eigenvalue weighted by Crippen LogP contribution is -2.44. The number of nitrogens with zero attached hydrogens (tertiary/aromatic N) is 1. The molecule has 1 aliphatic heterocycles. The van der Waals surface area contributed by atoms with Crippen molar-refractivity contribution in [2.24, 2.45) is 5.92 Å². The number of hydrogen-bond acceptors (Lipinski definition) is 4. The summed E-state index contributed by atoms with van der Waals surface area (Å²) in [5.41, 5.74) is 1.47. The van der Waals surface area contributed by atoms with Crippen LogP contribution in [0.5, 0.6) is 11.5 Å². The average molecular weight is 372 g/mol. The van der Waals surface area contributed by atoms with E-state index in [0.717, 1.165) is 44.2 Å². The molecule has 1 aliphatic carbocycles. The minimum absolute atomic E-state index is 0.158. The van der Waals surface area contributed by atoms with Gasteiger partial charge in [-0.3, -0.25) is 9.59 Å². The van der Waals surface area contributed by atoms with Crippen molar-refractivity contribution < 1.29 is 19.1 Å². The molecule has 1 atom stereocenters. The lowest BCUT2D eigenvalue weighted by Gasteiger charge is -2.33. The van der Waals surface area contributed by atoms with Crippen molar-refractivity contribution in [3.63, 3.8) is 0 Å². The molecule has 3 rings (SSSR count). The molecule has 0 spiro atoms. The fraction of sp³-hybridized carbons (Fsp3) is 0.524. The molecule has 1 heterocycles. The molecular weight excluding hydrogens is 344 g/mol. The van der Waals surface area contributed by atoms with Crippen LogP contribution in [0.3, 0.4) is 0 Å². The second kappa shape index (κ2) is 8.93. The summed E-state index contributed by atoms with van der Waals surface area (Å²) in [7, 11) is 3.12. The zero-order chi connectivity index (χ0) is 19.2. The van der Waals surface area contributed by atoms with E-state index in [1.54, 1.807) is 32.4 Å². The van der Waals surface area contributed by atoms with E-state index in [9.17, 15) is 9.59 Å². The molecule has 0 saturated carbocycles. The van der Waals surface area contributed by atoms with Crippen molar-refractivity contribution in [3.8, 4) is 11.5 Å². The standard InChI is InChI=1S/C21H28N2O4/c1-26-18-10-17(11-19(12-18)27-2)20(24)22-13-15-6-5-9-23(14-15)21(25)16-7-3-4-8-16/h7,10-12,15H,3-6,8-9,13-14H2,1-2H3,(H,22,24)/t15-/m1/s1. The van der Waals surface area contributed by atoms with Crippen LogP contribution in [0.15, 0.2) is 29.8 Å². The number of benzene rings is 1. The summed E-state index contributed by atoms with van der Waals surface area (Å²) in [4.78, 5) is 27.1. The van der Waals surface area contributed by atoms with Crippen LogP contribution in [0.4, 0.5) is 0 Å². The first-order valence-corrected chi connectivity index (χ1v) is 9.60. The lowest BCUT2D eigenvalue weighted by molar-refractivity contribution is -0.128. The number of methoxy groups -OCH3 is 2. The van der Waals surface area contributed by atoms with Gasteiger partial charge in [0.2, 0.25) is 5.91 Å². The smallest absolute Gasteiger partial charge is 0.251 e. The van der Waals surface area contributed by atoms with Crippen LogP contribution < -0.4 is 14.8 Å². The Morgan fingerprint density at radius 2 is 1.89 bits per heavy atom. The third-order valence-corrected chi connectivity index (χ3v) is 5.29. The lowest BCUT2D eigenvalue weighted by atomic mass is 9.97. The fourth-order valence-corrected chi connectivity index (χ4v) is 3.76. The zero-order valence-electron chi connectivity index (χ0n) is 16.1. The Balaban J connectivity index is 1.56. The summed E-state index contributed by atoms with van der Waals surface area (Å²) in [6.45, 7) is 2.08. The molecule has 1 aromatic rings.